The molecule has 0 bridgehead atoms. The summed E-state index contributed by atoms with van der Waals surface area (Å²) in [7, 11) is 0. The Morgan fingerprint density at radius 3 is 2.50 bits per heavy atom. The van der Waals surface area contributed by atoms with Crippen molar-refractivity contribution in [1.29, 1.82) is 0 Å². The van der Waals surface area contributed by atoms with Gasteiger partial charge in [0.1, 0.15) is 6.04 Å². The fourth-order valence-electron chi connectivity index (χ4n) is 3.91. The standard InChI is InChI=1S/C24H25N3O3/c1-17-10-12-20(13-11-17)27(24(29)21-9-5-15-30-21)22(18-6-4-14-25-16-18)23(28)26-19-7-2-3-8-19/h4-6,9-16,19,22H,2-3,7-8H2,1H3,(H,26,28)/t22-/m1/s1. The molecule has 2 aromatic heterocycles. The number of hydrogen-bond donors (Lipinski definition) is 1. The molecule has 0 spiro atoms. The maximum atomic E-state index is 13.5. The molecule has 6 nitrogen and oxygen atoms in total. The number of hydrogen-bond acceptors (Lipinski definition) is 4. The third kappa shape index (κ3) is 4.27. The number of benzene rings is 1. The molecule has 1 N–H and O–H groups in total. The summed E-state index contributed by atoms with van der Waals surface area (Å²) >= 11 is 0. The van der Waals surface area contributed by atoms with Gasteiger partial charge in [0.15, 0.2) is 5.76 Å². The first-order chi connectivity index (χ1) is 14.6. The average Bonchev–Trinajstić information content (AvgIpc) is 3.47. The fourth-order valence-corrected chi connectivity index (χ4v) is 3.91. The van der Waals surface area contributed by atoms with E-state index >= 15 is 0 Å². The molecule has 1 atom stereocenters. The van der Waals surface area contributed by atoms with Crippen LogP contribution in [0, 0.1) is 6.92 Å². The first-order valence-corrected chi connectivity index (χ1v) is 10.3. The predicted octanol–water partition coefficient (Wildman–Crippen LogP) is 4.43. The molecule has 1 aliphatic rings. The second kappa shape index (κ2) is 8.95. The van der Waals surface area contributed by atoms with Gasteiger partial charge < -0.3 is 9.73 Å². The quantitative estimate of drug-likeness (QED) is 0.661. The van der Waals surface area contributed by atoms with Crippen molar-refractivity contribution in [1.82, 2.24) is 10.3 Å². The van der Waals surface area contributed by atoms with Crippen LogP contribution in [0.3, 0.4) is 0 Å². The van der Waals surface area contributed by atoms with Crippen molar-refractivity contribution >= 4 is 17.5 Å². The monoisotopic (exact) mass is 403 g/mol. The number of aryl methyl sites for hydroxylation is 1. The summed E-state index contributed by atoms with van der Waals surface area (Å²) in [5.41, 5.74) is 2.34. The second-order valence-electron chi connectivity index (χ2n) is 7.67. The molecule has 30 heavy (non-hydrogen) atoms. The highest BCUT2D eigenvalue weighted by atomic mass is 16.3. The third-order valence-corrected chi connectivity index (χ3v) is 5.47. The Labute approximate surface area is 175 Å². The molecule has 6 heteroatoms. The number of carbonyl (C=O) groups excluding carboxylic acids is 2. The number of anilines is 1. The minimum atomic E-state index is -0.861. The van der Waals surface area contributed by atoms with E-state index in [4.69, 9.17) is 4.42 Å². The Balaban J connectivity index is 1.78. The Morgan fingerprint density at radius 1 is 1.10 bits per heavy atom. The smallest absolute Gasteiger partial charge is 0.294 e. The van der Waals surface area contributed by atoms with Gasteiger partial charge in [0.25, 0.3) is 5.91 Å². The molecule has 1 saturated carbocycles. The summed E-state index contributed by atoms with van der Waals surface area (Å²) in [5.74, 6) is -0.409. The molecule has 1 aliphatic carbocycles. The number of rotatable bonds is 6. The third-order valence-electron chi connectivity index (χ3n) is 5.47. The van der Waals surface area contributed by atoms with Crippen molar-refractivity contribution in [2.24, 2.45) is 0 Å². The van der Waals surface area contributed by atoms with Gasteiger partial charge in [-0.3, -0.25) is 19.5 Å². The van der Waals surface area contributed by atoms with Gasteiger partial charge in [0, 0.05) is 29.7 Å². The fraction of sp³-hybridized carbons (Fsp3) is 0.292. The highest BCUT2D eigenvalue weighted by Gasteiger charge is 2.35. The SMILES string of the molecule is Cc1ccc(N(C(=O)c2ccco2)[C@@H](C(=O)NC2CCCC2)c2cccnc2)cc1. The Hall–Kier alpha value is -3.41. The molecule has 154 valence electrons. The normalized spacial score (nSPS) is 15.0. The number of aromatic nitrogens is 1. The molecule has 3 aromatic rings. The van der Waals surface area contributed by atoms with E-state index in [0.29, 0.717) is 11.3 Å². The molecule has 0 unspecified atom stereocenters. The highest BCUT2D eigenvalue weighted by Crippen LogP contribution is 2.30. The number of amides is 2. The van der Waals surface area contributed by atoms with Gasteiger partial charge in [-0.05, 0) is 50.1 Å². The van der Waals surface area contributed by atoms with Crippen LogP contribution in [0.5, 0.6) is 0 Å². The molecular weight excluding hydrogens is 378 g/mol. The molecule has 2 heterocycles. The van der Waals surface area contributed by atoms with E-state index in [-0.39, 0.29) is 23.6 Å². The van der Waals surface area contributed by atoms with Gasteiger partial charge in [-0.15, -0.1) is 0 Å². The largest absolute Gasteiger partial charge is 0.459 e. The van der Waals surface area contributed by atoms with E-state index in [1.807, 2.05) is 37.3 Å². The Bertz CT molecular complexity index is 978. The molecule has 1 fully saturated rings. The maximum absolute atomic E-state index is 13.5. The molecule has 0 aliphatic heterocycles. The van der Waals surface area contributed by atoms with Crippen molar-refractivity contribution in [2.45, 2.75) is 44.7 Å². The lowest BCUT2D eigenvalue weighted by molar-refractivity contribution is -0.123. The molecular formula is C24H25N3O3. The number of pyridine rings is 1. The van der Waals surface area contributed by atoms with Crippen molar-refractivity contribution in [3.8, 4) is 0 Å². The van der Waals surface area contributed by atoms with E-state index < -0.39 is 6.04 Å². The number of nitrogens with one attached hydrogen (secondary N) is 1. The van der Waals surface area contributed by atoms with Crippen LogP contribution < -0.4 is 10.2 Å². The summed E-state index contributed by atoms with van der Waals surface area (Å²) in [6.07, 6.45) is 8.88. The number of nitrogens with zero attached hydrogens (tertiary/aromatic N) is 2. The lowest BCUT2D eigenvalue weighted by atomic mass is 10.0. The molecule has 0 saturated heterocycles. The lowest BCUT2D eigenvalue weighted by Gasteiger charge is -2.31. The zero-order chi connectivity index (χ0) is 20.9. The van der Waals surface area contributed by atoms with Crippen LogP contribution in [-0.2, 0) is 4.79 Å². The van der Waals surface area contributed by atoms with Crippen molar-refractivity contribution in [3.05, 3.63) is 84.1 Å². The molecule has 4 rings (SSSR count). The highest BCUT2D eigenvalue weighted by molar-refractivity contribution is 6.08. The van der Waals surface area contributed by atoms with Crippen LogP contribution in [-0.4, -0.2) is 22.8 Å². The van der Waals surface area contributed by atoms with Crippen LogP contribution in [0.2, 0.25) is 0 Å². The summed E-state index contributed by atoms with van der Waals surface area (Å²) < 4.78 is 5.38. The topological polar surface area (TPSA) is 75.4 Å². The van der Waals surface area contributed by atoms with Crippen LogP contribution in [0.1, 0.15) is 53.4 Å². The zero-order valence-corrected chi connectivity index (χ0v) is 17.0. The van der Waals surface area contributed by atoms with Crippen LogP contribution in [0.25, 0.3) is 0 Å². The predicted molar refractivity (Wildman–Crippen MR) is 114 cm³/mol. The van der Waals surface area contributed by atoms with E-state index in [9.17, 15) is 9.59 Å². The maximum Gasteiger partial charge on any atom is 0.294 e. The van der Waals surface area contributed by atoms with Crippen LogP contribution >= 0.6 is 0 Å². The van der Waals surface area contributed by atoms with E-state index in [2.05, 4.69) is 10.3 Å². The first-order valence-electron chi connectivity index (χ1n) is 10.3. The summed E-state index contributed by atoms with van der Waals surface area (Å²) in [6, 6.07) is 13.7. The zero-order valence-electron chi connectivity index (χ0n) is 17.0. The Morgan fingerprint density at radius 2 is 1.87 bits per heavy atom. The van der Waals surface area contributed by atoms with Gasteiger partial charge in [0.2, 0.25) is 5.91 Å². The summed E-state index contributed by atoms with van der Waals surface area (Å²) in [5, 5.41) is 3.15. The van der Waals surface area contributed by atoms with Gasteiger partial charge in [-0.25, -0.2) is 0 Å². The molecule has 2 amide bonds. The second-order valence-corrected chi connectivity index (χ2v) is 7.67. The van der Waals surface area contributed by atoms with Crippen molar-refractivity contribution in [3.63, 3.8) is 0 Å². The van der Waals surface area contributed by atoms with E-state index in [0.717, 1.165) is 31.2 Å². The molecule has 1 aromatic carbocycles. The number of furan rings is 1. The minimum Gasteiger partial charge on any atom is -0.459 e. The van der Waals surface area contributed by atoms with Crippen LogP contribution in [0.15, 0.2) is 71.6 Å². The number of carbonyl (C=O) groups is 2. The van der Waals surface area contributed by atoms with E-state index in [1.165, 1.54) is 11.2 Å². The summed E-state index contributed by atoms with van der Waals surface area (Å²) in [6.45, 7) is 1.98. The van der Waals surface area contributed by atoms with Gasteiger partial charge in [-0.2, -0.15) is 0 Å². The molecule has 0 radical (unpaired) electrons. The average molecular weight is 403 g/mol. The van der Waals surface area contributed by atoms with Crippen LogP contribution in [0.4, 0.5) is 5.69 Å². The van der Waals surface area contributed by atoms with E-state index in [1.54, 1.807) is 30.6 Å². The first kappa shape index (κ1) is 19.9. The minimum absolute atomic E-state index is 0.134. The van der Waals surface area contributed by atoms with Gasteiger partial charge >= 0.3 is 0 Å². The van der Waals surface area contributed by atoms with Crippen molar-refractivity contribution in [2.75, 3.05) is 4.90 Å². The lowest BCUT2D eigenvalue weighted by Crippen LogP contribution is -2.46. The van der Waals surface area contributed by atoms with Crippen molar-refractivity contribution < 1.29 is 14.0 Å². The van der Waals surface area contributed by atoms with Gasteiger partial charge in [0.05, 0.1) is 6.26 Å². The van der Waals surface area contributed by atoms with Gasteiger partial charge in [-0.1, -0.05) is 36.6 Å². The Kier molecular flexibility index (Phi) is 5.93. The summed E-state index contributed by atoms with van der Waals surface area (Å²) in [4.78, 5) is 32.7.